The van der Waals surface area contributed by atoms with Gasteiger partial charge in [-0.1, -0.05) is 0 Å². The van der Waals surface area contributed by atoms with E-state index in [9.17, 15) is 9.90 Å². The topological polar surface area (TPSA) is 87.6 Å². The van der Waals surface area contributed by atoms with Gasteiger partial charge < -0.3 is 20.1 Å². The number of ether oxygens (including phenoxy) is 1. The molecule has 7 nitrogen and oxygen atoms in total. The number of esters is 1. The number of β-amino-alcohol motifs (C(OH)–C–C–N with tert-alkyl or cyclic N) is 1. The molecule has 0 aromatic carbocycles. The fourth-order valence-corrected chi connectivity index (χ4v) is 2.28. The van der Waals surface area contributed by atoms with E-state index in [1.54, 1.807) is 13.1 Å². The van der Waals surface area contributed by atoms with Crippen molar-refractivity contribution in [3.05, 3.63) is 12.3 Å². The molecule has 1 aromatic heterocycles. The lowest BCUT2D eigenvalue weighted by molar-refractivity contribution is -0.142. The van der Waals surface area contributed by atoms with Crippen molar-refractivity contribution in [1.29, 1.82) is 0 Å². The molecule has 1 saturated heterocycles. The van der Waals surface area contributed by atoms with E-state index < -0.39 is 0 Å². The minimum absolute atomic E-state index is 0.236. The van der Waals surface area contributed by atoms with Crippen molar-refractivity contribution < 1.29 is 14.6 Å². The Morgan fingerprint density at radius 3 is 3.24 bits per heavy atom. The summed E-state index contributed by atoms with van der Waals surface area (Å²) < 4.78 is 4.85. The van der Waals surface area contributed by atoms with E-state index in [1.807, 2.05) is 11.0 Å². The minimum Gasteiger partial charge on any atom is -0.466 e. The van der Waals surface area contributed by atoms with Crippen LogP contribution in [0.2, 0.25) is 0 Å². The van der Waals surface area contributed by atoms with Crippen LogP contribution in [0.15, 0.2) is 12.3 Å². The predicted octanol–water partition coefficient (Wildman–Crippen LogP) is 0.803. The lowest BCUT2D eigenvalue weighted by Crippen LogP contribution is -2.38. The lowest BCUT2D eigenvalue weighted by atomic mass is 10.1. The second-order valence-electron chi connectivity index (χ2n) is 4.96. The zero-order valence-corrected chi connectivity index (χ0v) is 12.3. The SMILES string of the molecule is CCOC(=O)CCNc1nccc(N2CCCC(O)C2)n1. The zero-order chi connectivity index (χ0) is 15.1. The number of aliphatic hydroxyl groups excluding tert-OH is 1. The first-order valence-electron chi connectivity index (χ1n) is 7.34. The molecule has 0 aliphatic carbocycles. The standard InChI is InChI=1S/C14H22N4O3/c1-2-21-13(20)6-8-16-14-15-7-5-12(17-14)18-9-3-4-11(19)10-18/h5,7,11,19H,2-4,6,8-10H2,1H3,(H,15,16,17). The largest absolute Gasteiger partial charge is 0.466 e. The highest BCUT2D eigenvalue weighted by atomic mass is 16.5. The molecule has 116 valence electrons. The van der Waals surface area contributed by atoms with Crippen molar-refractivity contribution in [1.82, 2.24) is 9.97 Å². The zero-order valence-electron chi connectivity index (χ0n) is 12.3. The van der Waals surface area contributed by atoms with Gasteiger partial charge in [-0.2, -0.15) is 4.98 Å². The Bertz CT molecular complexity index is 469. The maximum absolute atomic E-state index is 11.2. The van der Waals surface area contributed by atoms with E-state index in [4.69, 9.17) is 4.74 Å². The normalized spacial score (nSPS) is 18.4. The van der Waals surface area contributed by atoms with Gasteiger partial charge in [-0.15, -0.1) is 0 Å². The summed E-state index contributed by atoms with van der Waals surface area (Å²) in [5, 5.41) is 12.7. The second-order valence-corrected chi connectivity index (χ2v) is 4.96. The van der Waals surface area contributed by atoms with Crippen LogP contribution < -0.4 is 10.2 Å². The Labute approximate surface area is 124 Å². The van der Waals surface area contributed by atoms with Crippen LogP contribution in [0.3, 0.4) is 0 Å². The van der Waals surface area contributed by atoms with E-state index in [0.717, 1.165) is 25.2 Å². The monoisotopic (exact) mass is 294 g/mol. The molecule has 1 aromatic rings. The molecule has 1 aliphatic heterocycles. The number of rotatable bonds is 6. The third kappa shape index (κ3) is 4.86. The van der Waals surface area contributed by atoms with Crippen LogP contribution in [0.5, 0.6) is 0 Å². The molecule has 2 rings (SSSR count). The van der Waals surface area contributed by atoms with E-state index in [1.165, 1.54) is 0 Å². The number of nitrogens with one attached hydrogen (secondary N) is 1. The maximum Gasteiger partial charge on any atom is 0.307 e. The molecule has 2 heterocycles. The summed E-state index contributed by atoms with van der Waals surface area (Å²) >= 11 is 0. The quantitative estimate of drug-likeness (QED) is 0.750. The summed E-state index contributed by atoms with van der Waals surface area (Å²) in [6.07, 6.45) is 3.46. The molecule has 1 fully saturated rings. The number of aromatic nitrogens is 2. The molecular weight excluding hydrogens is 272 g/mol. The molecule has 0 saturated carbocycles. The number of aliphatic hydroxyl groups is 1. The number of piperidine rings is 1. The molecular formula is C14H22N4O3. The van der Waals surface area contributed by atoms with Crippen LogP contribution in [-0.2, 0) is 9.53 Å². The molecule has 0 amide bonds. The first-order chi connectivity index (χ1) is 10.2. The summed E-state index contributed by atoms with van der Waals surface area (Å²) in [4.78, 5) is 21.8. The van der Waals surface area contributed by atoms with Gasteiger partial charge in [0.1, 0.15) is 5.82 Å². The van der Waals surface area contributed by atoms with E-state index in [2.05, 4.69) is 15.3 Å². The molecule has 0 bridgehead atoms. The Balaban J connectivity index is 1.87. The van der Waals surface area contributed by atoms with Crippen LogP contribution in [0.4, 0.5) is 11.8 Å². The van der Waals surface area contributed by atoms with E-state index in [-0.39, 0.29) is 18.5 Å². The summed E-state index contributed by atoms with van der Waals surface area (Å²) in [7, 11) is 0. The summed E-state index contributed by atoms with van der Waals surface area (Å²) in [6, 6.07) is 1.83. The van der Waals surface area contributed by atoms with Crippen molar-refractivity contribution in [3.63, 3.8) is 0 Å². The first-order valence-corrected chi connectivity index (χ1v) is 7.34. The summed E-state index contributed by atoms with van der Waals surface area (Å²) in [6.45, 7) is 4.09. The smallest absolute Gasteiger partial charge is 0.307 e. The van der Waals surface area contributed by atoms with Crippen molar-refractivity contribution in [2.45, 2.75) is 32.3 Å². The van der Waals surface area contributed by atoms with Gasteiger partial charge in [0, 0.05) is 25.8 Å². The molecule has 2 N–H and O–H groups in total. The van der Waals surface area contributed by atoms with Gasteiger partial charge in [-0.3, -0.25) is 4.79 Å². The van der Waals surface area contributed by atoms with Gasteiger partial charge in [-0.25, -0.2) is 4.98 Å². The van der Waals surface area contributed by atoms with Crippen molar-refractivity contribution >= 4 is 17.7 Å². The summed E-state index contributed by atoms with van der Waals surface area (Å²) in [5.74, 6) is 1.04. The van der Waals surface area contributed by atoms with Crippen LogP contribution in [0.1, 0.15) is 26.2 Å². The average Bonchev–Trinajstić information content (AvgIpc) is 2.48. The number of carbonyl (C=O) groups excluding carboxylic acids is 1. The number of anilines is 2. The molecule has 7 heteroatoms. The van der Waals surface area contributed by atoms with Gasteiger partial charge in [0.25, 0.3) is 0 Å². The lowest BCUT2D eigenvalue weighted by Gasteiger charge is -2.31. The molecule has 0 radical (unpaired) electrons. The maximum atomic E-state index is 11.2. The molecule has 0 spiro atoms. The number of carbonyl (C=O) groups is 1. The highest BCUT2D eigenvalue weighted by molar-refractivity contribution is 5.69. The van der Waals surface area contributed by atoms with Crippen molar-refractivity contribution in [2.24, 2.45) is 0 Å². The average molecular weight is 294 g/mol. The van der Waals surface area contributed by atoms with Gasteiger partial charge in [0.2, 0.25) is 5.95 Å². The molecule has 21 heavy (non-hydrogen) atoms. The van der Waals surface area contributed by atoms with Crippen LogP contribution in [0.25, 0.3) is 0 Å². The number of nitrogens with zero attached hydrogens (tertiary/aromatic N) is 3. The van der Waals surface area contributed by atoms with Crippen LogP contribution in [0, 0.1) is 0 Å². The van der Waals surface area contributed by atoms with Gasteiger partial charge in [-0.05, 0) is 25.8 Å². The van der Waals surface area contributed by atoms with Gasteiger partial charge in [0.15, 0.2) is 0 Å². The predicted molar refractivity (Wildman–Crippen MR) is 79.2 cm³/mol. The molecule has 1 atom stereocenters. The minimum atomic E-state index is -0.297. The molecule has 1 unspecified atom stereocenters. The van der Waals surface area contributed by atoms with Crippen LogP contribution in [-0.4, -0.2) is 53.4 Å². The Morgan fingerprint density at radius 2 is 2.48 bits per heavy atom. The Kier molecular flexibility index (Phi) is 5.74. The third-order valence-electron chi connectivity index (χ3n) is 3.28. The third-order valence-corrected chi connectivity index (χ3v) is 3.28. The summed E-state index contributed by atoms with van der Waals surface area (Å²) in [5.41, 5.74) is 0. The van der Waals surface area contributed by atoms with Crippen molar-refractivity contribution in [3.8, 4) is 0 Å². The van der Waals surface area contributed by atoms with E-state index >= 15 is 0 Å². The highest BCUT2D eigenvalue weighted by Gasteiger charge is 2.19. The number of hydrogen-bond acceptors (Lipinski definition) is 7. The van der Waals surface area contributed by atoms with E-state index in [0.29, 0.717) is 25.6 Å². The number of hydrogen-bond donors (Lipinski definition) is 2. The fraction of sp³-hybridized carbons (Fsp3) is 0.643. The van der Waals surface area contributed by atoms with Crippen LogP contribution >= 0.6 is 0 Å². The Hall–Kier alpha value is -1.89. The first kappa shape index (κ1) is 15.5. The van der Waals surface area contributed by atoms with Gasteiger partial charge in [0.05, 0.1) is 19.1 Å². The highest BCUT2D eigenvalue weighted by Crippen LogP contribution is 2.18. The second kappa shape index (κ2) is 7.78. The van der Waals surface area contributed by atoms with Crippen molar-refractivity contribution in [2.75, 3.05) is 36.5 Å². The molecule has 1 aliphatic rings. The van der Waals surface area contributed by atoms with Gasteiger partial charge >= 0.3 is 5.97 Å². The fourth-order valence-electron chi connectivity index (χ4n) is 2.28. The Morgan fingerprint density at radius 1 is 1.62 bits per heavy atom.